The van der Waals surface area contributed by atoms with E-state index in [1.54, 1.807) is 0 Å². The number of hydrogen-bond donors (Lipinski definition) is 1. The second kappa shape index (κ2) is 6.55. The summed E-state index contributed by atoms with van der Waals surface area (Å²) < 4.78 is 0. The molecule has 19 heavy (non-hydrogen) atoms. The van der Waals surface area contributed by atoms with Gasteiger partial charge in [-0.15, -0.1) is 0 Å². The predicted molar refractivity (Wildman–Crippen MR) is 84.6 cm³/mol. The lowest BCUT2D eigenvalue weighted by atomic mass is 9.72. The Hall–Kier alpha value is -0.120. The molecule has 0 atom stereocenters. The van der Waals surface area contributed by atoms with Crippen LogP contribution in [0.2, 0.25) is 0 Å². The lowest BCUT2D eigenvalue weighted by molar-refractivity contribution is -0.0469. The van der Waals surface area contributed by atoms with Gasteiger partial charge in [0.05, 0.1) is 0 Å². The number of nitrogens with zero attached hydrogens (tertiary/aromatic N) is 2. The maximum atomic E-state index is 3.51. The third-order valence-corrected chi connectivity index (χ3v) is 4.64. The molecule has 2 saturated heterocycles. The fraction of sp³-hybridized carbons (Fsp3) is 1.00. The summed E-state index contributed by atoms with van der Waals surface area (Å²) in [4.78, 5) is 5.30. The third-order valence-electron chi connectivity index (χ3n) is 4.64. The number of likely N-dealkylation sites (tertiary alicyclic amines) is 2. The molecule has 0 amide bonds. The average molecular weight is 269 g/mol. The van der Waals surface area contributed by atoms with E-state index in [-0.39, 0.29) is 1.43 Å². The zero-order chi connectivity index (χ0) is 13.9. The Morgan fingerprint density at radius 3 is 2.21 bits per heavy atom. The molecule has 0 aromatic heterocycles. The molecule has 2 aliphatic rings. The van der Waals surface area contributed by atoms with Crippen LogP contribution in [0.15, 0.2) is 0 Å². The molecule has 3 heteroatoms. The molecule has 2 fully saturated rings. The summed E-state index contributed by atoms with van der Waals surface area (Å²) in [5.74, 6) is 0.814. The van der Waals surface area contributed by atoms with Gasteiger partial charge in [-0.1, -0.05) is 27.7 Å². The Morgan fingerprint density at radius 2 is 1.68 bits per heavy atom. The van der Waals surface area contributed by atoms with Gasteiger partial charge in [-0.2, -0.15) is 0 Å². The largest absolute Gasteiger partial charge is 0.313 e. The van der Waals surface area contributed by atoms with Crippen molar-refractivity contribution >= 4 is 0 Å². The van der Waals surface area contributed by atoms with Crippen LogP contribution in [-0.4, -0.2) is 61.7 Å². The summed E-state index contributed by atoms with van der Waals surface area (Å²) in [6.07, 6.45) is 2.85. The van der Waals surface area contributed by atoms with Crippen molar-refractivity contribution in [3.8, 4) is 0 Å². The van der Waals surface area contributed by atoms with E-state index in [4.69, 9.17) is 0 Å². The topological polar surface area (TPSA) is 18.5 Å². The van der Waals surface area contributed by atoms with E-state index in [0.717, 1.165) is 12.5 Å². The Morgan fingerprint density at radius 1 is 1.05 bits per heavy atom. The van der Waals surface area contributed by atoms with Crippen LogP contribution in [0.1, 0.15) is 42.0 Å². The molecule has 0 saturated carbocycles. The summed E-state index contributed by atoms with van der Waals surface area (Å²) in [7, 11) is 0. The summed E-state index contributed by atoms with van der Waals surface area (Å²) in [6.45, 7) is 18.1. The normalized spacial score (nSPS) is 24.3. The molecule has 0 aliphatic carbocycles. The van der Waals surface area contributed by atoms with Gasteiger partial charge in [0.1, 0.15) is 0 Å². The van der Waals surface area contributed by atoms with Gasteiger partial charge >= 0.3 is 0 Å². The number of nitrogens with one attached hydrogen (secondary N) is 1. The van der Waals surface area contributed by atoms with Crippen molar-refractivity contribution in [2.75, 3.05) is 45.8 Å². The monoisotopic (exact) mass is 269 g/mol. The quantitative estimate of drug-likeness (QED) is 0.798. The van der Waals surface area contributed by atoms with E-state index >= 15 is 0 Å². The van der Waals surface area contributed by atoms with Crippen LogP contribution in [0.5, 0.6) is 0 Å². The molecule has 2 heterocycles. The van der Waals surface area contributed by atoms with E-state index in [1.807, 2.05) is 0 Å². The van der Waals surface area contributed by atoms with Gasteiger partial charge in [0.2, 0.25) is 0 Å². The van der Waals surface area contributed by atoms with Crippen molar-refractivity contribution in [3.63, 3.8) is 0 Å². The molecule has 0 unspecified atom stereocenters. The molecular formula is C16H35N3. The van der Waals surface area contributed by atoms with Crippen molar-refractivity contribution in [1.29, 1.82) is 0 Å². The van der Waals surface area contributed by atoms with E-state index in [1.165, 1.54) is 52.1 Å². The maximum Gasteiger partial charge on any atom is 0.0107 e. The minimum absolute atomic E-state index is 0. The average Bonchev–Trinajstić information content (AvgIpc) is 2.28. The van der Waals surface area contributed by atoms with Gasteiger partial charge in [0.25, 0.3) is 0 Å². The van der Waals surface area contributed by atoms with Crippen molar-refractivity contribution < 1.29 is 1.43 Å². The molecule has 1 spiro atoms. The van der Waals surface area contributed by atoms with Crippen LogP contribution in [-0.2, 0) is 0 Å². The van der Waals surface area contributed by atoms with Gasteiger partial charge in [-0.25, -0.2) is 0 Å². The molecule has 114 valence electrons. The number of hydrogen-bond acceptors (Lipinski definition) is 3. The van der Waals surface area contributed by atoms with Gasteiger partial charge < -0.3 is 15.1 Å². The molecule has 1 N–H and O–H groups in total. The summed E-state index contributed by atoms with van der Waals surface area (Å²) in [6, 6.07) is 0.620. The predicted octanol–water partition coefficient (Wildman–Crippen LogP) is 2.28. The maximum absolute atomic E-state index is 3.51. The Labute approximate surface area is 121 Å². The molecule has 3 nitrogen and oxygen atoms in total. The molecule has 0 bridgehead atoms. The first kappa shape index (κ1) is 15.3. The highest BCUT2D eigenvalue weighted by molar-refractivity contribution is 4.98. The van der Waals surface area contributed by atoms with Crippen LogP contribution < -0.4 is 5.32 Å². The highest BCUT2D eigenvalue weighted by Crippen LogP contribution is 2.40. The van der Waals surface area contributed by atoms with E-state index < -0.39 is 0 Å². The lowest BCUT2D eigenvalue weighted by Gasteiger charge is -2.54. The Kier molecular flexibility index (Phi) is 5.27. The Balaban J connectivity index is 0.00000200. The Bertz CT molecular complexity index is 265. The smallest absolute Gasteiger partial charge is 0.0107 e. The standard InChI is InChI=1S/C16H33N3.H2/c1-14(2)11-18-8-5-16(6-9-18)12-19(13-16)10-7-17-15(3)4;/h14-15,17H,5-13H2,1-4H3;1H. The zero-order valence-electron chi connectivity index (χ0n) is 13.4. The third kappa shape index (κ3) is 4.44. The van der Waals surface area contributed by atoms with Crippen molar-refractivity contribution in [2.45, 2.75) is 46.6 Å². The SMILES string of the molecule is CC(C)CN1CCC2(CC1)CN(CCNC(C)C)C2.[HH]. The number of rotatable bonds is 6. The van der Waals surface area contributed by atoms with Crippen LogP contribution in [0.25, 0.3) is 0 Å². The molecule has 2 rings (SSSR count). The van der Waals surface area contributed by atoms with Gasteiger partial charge in [0, 0.05) is 40.2 Å². The molecule has 0 aromatic rings. The van der Waals surface area contributed by atoms with Gasteiger partial charge in [-0.3, -0.25) is 0 Å². The van der Waals surface area contributed by atoms with E-state index in [0.29, 0.717) is 11.5 Å². The second-order valence-electron chi connectivity index (χ2n) is 7.51. The first-order valence-corrected chi connectivity index (χ1v) is 8.17. The summed E-state index contributed by atoms with van der Waals surface area (Å²) in [5.41, 5.74) is 0.686. The fourth-order valence-corrected chi connectivity index (χ4v) is 3.61. The van der Waals surface area contributed by atoms with Crippen LogP contribution >= 0.6 is 0 Å². The number of piperidine rings is 1. The molecule has 0 aromatic carbocycles. The molecular weight excluding hydrogens is 234 g/mol. The minimum atomic E-state index is 0. The van der Waals surface area contributed by atoms with Crippen molar-refractivity contribution in [1.82, 2.24) is 15.1 Å². The van der Waals surface area contributed by atoms with Crippen LogP contribution in [0.4, 0.5) is 0 Å². The highest BCUT2D eigenvalue weighted by Gasteiger charge is 2.44. The van der Waals surface area contributed by atoms with E-state index in [2.05, 4.69) is 42.8 Å². The summed E-state index contributed by atoms with van der Waals surface area (Å²) in [5, 5.41) is 3.51. The van der Waals surface area contributed by atoms with Gasteiger partial charge in [-0.05, 0) is 37.3 Å². The van der Waals surface area contributed by atoms with E-state index in [9.17, 15) is 0 Å². The minimum Gasteiger partial charge on any atom is -0.313 e. The molecule has 2 aliphatic heterocycles. The first-order valence-electron chi connectivity index (χ1n) is 8.17. The van der Waals surface area contributed by atoms with Crippen LogP contribution in [0.3, 0.4) is 0 Å². The fourth-order valence-electron chi connectivity index (χ4n) is 3.61. The van der Waals surface area contributed by atoms with Crippen molar-refractivity contribution in [2.24, 2.45) is 11.3 Å². The lowest BCUT2D eigenvalue weighted by Crippen LogP contribution is -2.61. The first-order chi connectivity index (χ1) is 8.99. The highest BCUT2D eigenvalue weighted by atomic mass is 15.2. The molecule has 0 radical (unpaired) electrons. The second-order valence-corrected chi connectivity index (χ2v) is 7.51. The van der Waals surface area contributed by atoms with Crippen molar-refractivity contribution in [3.05, 3.63) is 0 Å². The summed E-state index contributed by atoms with van der Waals surface area (Å²) >= 11 is 0. The van der Waals surface area contributed by atoms with Crippen LogP contribution in [0, 0.1) is 11.3 Å². The van der Waals surface area contributed by atoms with Gasteiger partial charge in [0.15, 0.2) is 0 Å². The zero-order valence-corrected chi connectivity index (χ0v) is 13.4.